The number of carbonyl (C=O) groups is 1. The summed E-state index contributed by atoms with van der Waals surface area (Å²) in [5.41, 5.74) is 2.03. The number of piperidine rings is 1. The van der Waals surface area contributed by atoms with Gasteiger partial charge in [-0.3, -0.25) is 9.59 Å². The van der Waals surface area contributed by atoms with E-state index in [0.29, 0.717) is 23.6 Å². The highest BCUT2D eigenvalue weighted by Crippen LogP contribution is 2.15. The zero-order valence-corrected chi connectivity index (χ0v) is 16.1. The molecule has 4 rings (SSSR count). The summed E-state index contributed by atoms with van der Waals surface area (Å²) in [6.45, 7) is 5.39. The van der Waals surface area contributed by atoms with Crippen molar-refractivity contribution in [2.45, 2.75) is 26.2 Å². The second-order valence-corrected chi connectivity index (χ2v) is 7.24. The summed E-state index contributed by atoms with van der Waals surface area (Å²) in [7, 11) is 0. The number of aromatic nitrogens is 3. The molecule has 0 unspecified atom stereocenters. The Morgan fingerprint density at radius 1 is 1.11 bits per heavy atom. The summed E-state index contributed by atoms with van der Waals surface area (Å²) >= 11 is 0. The van der Waals surface area contributed by atoms with Crippen molar-refractivity contribution in [2.75, 3.05) is 26.2 Å². The van der Waals surface area contributed by atoms with Gasteiger partial charge in [-0.1, -0.05) is 24.6 Å². The molecule has 7 nitrogen and oxygen atoms in total. The summed E-state index contributed by atoms with van der Waals surface area (Å²) in [6, 6.07) is 12.6. The average Bonchev–Trinajstić information content (AvgIpc) is 3.09. The number of amides is 1. The Morgan fingerprint density at radius 3 is 2.61 bits per heavy atom. The Kier molecular flexibility index (Phi) is 5.25. The Bertz CT molecular complexity index is 1030. The van der Waals surface area contributed by atoms with Gasteiger partial charge >= 0.3 is 0 Å². The van der Waals surface area contributed by atoms with Crippen LogP contribution in [0.4, 0.5) is 0 Å². The van der Waals surface area contributed by atoms with Gasteiger partial charge < -0.3 is 10.2 Å². The number of nitrogens with zero attached hydrogens (tertiary/aromatic N) is 4. The maximum Gasteiger partial charge on any atom is 0.273 e. The second-order valence-electron chi connectivity index (χ2n) is 7.24. The van der Waals surface area contributed by atoms with Gasteiger partial charge in [-0.2, -0.15) is 4.52 Å². The van der Waals surface area contributed by atoms with Gasteiger partial charge in [-0.05, 0) is 45.0 Å². The molecule has 0 saturated carbocycles. The Balaban J connectivity index is 1.64. The third-order valence-corrected chi connectivity index (χ3v) is 5.14. The Labute approximate surface area is 163 Å². The molecule has 1 fully saturated rings. The van der Waals surface area contributed by atoms with Crippen molar-refractivity contribution in [3.05, 3.63) is 64.2 Å². The van der Waals surface area contributed by atoms with Crippen molar-refractivity contribution >= 4 is 11.6 Å². The summed E-state index contributed by atoms with van der Waals surface area (Å²) in [5, 5.41) is 3.01. The molecule has 1 aliphatic rings. The minimum absolute atomic E-state index is 0.205. The van der Waals surface area contributed by atoms with Gasteiger partial charge in [0.1, 0.15) is 5.69 Å². The van der Waals surface area contributed by atoms with Gasteiger partial charge in [0.25, 0.3) is 11.5 Å². The van der Waals surface area contributed by atoms with Gasteiger partial charge in [0.05, 0.1) is 5.69 Å². The Hall–Kier alpha value is -2.93. The average molecular weight is 379 g/mol. The van der Waals surface area contributed by atoms with Gasteiger partial charge in [-0.25, -0.2) is 9.67 Å². The van der Waals surface area contributed by atoms with Crippen molar-refractivity contribution in [3.8, 4) is 5.69 Å². The molecular weight excluding hydrogens is 354 g/mol. The summed E-state index contributed by atoms with van der Waals surface area (Å²) in [4.78, 5) is 32.4. The van der Waals surface area contributed by atoms with Gasteiger partial charge in [0.2, 0.25) is 0 Å². The zero-order chi connectivity index (χ0) is 19.5. The van der Waals surface area contributed by atoms with Crippen LogP contribution in [-0.2, 0) is 0 Å². The largest absolute Gasteiger partial charge is 0.349 e. The first-order chi connectivity index (χ1) is 13.6. The first-order valence-electron chi connectivity index (χ1n) is 9.82. The van der Waals surface area contributed by atoms with E-state index in [1.165, 1.54) is 29.8 Å². The molecule has 0 atom stereocenters. The predicted molar refractivity (Wildman–Crippen MR) is 108 cm³/mol. The van der Waals surface area contributed by atoms with Crippen LogP contribution in [0.2, 0.25) is 0 Å². The van der Waals surface area contributed by atoms with Crippen LogP contribution in [-0.4, -0.2) is 51.2 Å². The fourth-order valence-corrected chi connectivity index (χ4v) is 3.79. The molecule has 0 aliphatic carbocycles. The summed E-state index contributed by atoms with van der Waals surface area (Å²) in [6.07, 6.45) is 3.75. The first-order valence-corrected chi connectivity index (χ1v) is 9.82. The van der Waals surface area contributed by atoms with E-state index in [-0.39, 0.29) is 11.5 Å². The number of para-hydroxylation sites is 1. The minimum Gasteiger partial charge on any atom is -0.349 e. The molecule has 1 N–H and O–H groups in total. The third-order valence-electron chi connectivity index (χ3n) is 5.14. The van der Waals surface area contributed by atoms with E-state index in [1.54, 1.807) is 17.7 Å². The van der Waals surface area contributed by atoms with E-state index in [9.17, 15) is 9.59 Å². The van der Waals surface area contributed by atoms with Crippen LogP contribution in [0.15, 0.2) is 47.3 Å². The first kappa shape index (κ1) is 18.4. The lowest BCUT2D eigenvalue weighted by molar-refractivity contribution is 0.0938. The van der Waals surface area contributed by atoms with Gasteiger partial charge in [0, 0.05) is 30.9 Å². The van der Waals surface area contributed by atoms with E-state index < -0.39 is 0 Å². The Morgan fingerprint density at radius 2 is 1.86 bits per heavy atom. The lowest BCUT2D eigenvalue weighted by Gasteiger charge is -2.26. The summed E-state index contributed by atoms with van der Waals surface area (Å²) < 4.78 is 3.09. The third kappa shape index (κ3) is 3.71. The summed E-state index contributed by atoms with van der Waals surface area (Å²) in [5.74, 6) is -0.205. The number of hydrogen-bond donors (Lipinski definition) is 1. The molecule has 3 heterocycles. The highest BCUT2D eigenvalue weighted by Gasteiger charge is 2.19. The number of aryl methyl sites for hydroxylation is 1. The van der Waals surface area contributed by atoms with Crippen molar-refractivity contribution in [1.29, 1.82) is 0 Å². The molecule has 1 aromatic carbocycles. The maximum atomic E-state index is 13.0. The van der Waals surface area contributed by atoms with Crippen molar-refractivity contribution in [3.63, 3.8) is 0 Å². The smallest absolute Gasteiger partial charge is 0.273 e. The minimum atomic E-state index is -0.210. The van der Waals surface area contributed by atoms with E-state index >= 15 is 0 Å². The highest BCUT2D eigenvalue weighted by atomic mass is 16.2. The number of carbonyl (C=O) groups excluding carboxylic acids is 1. The standard InChI is InChI=1S/C21H25N5O2/c1-16-14-20(27)26-19(23-16)15-18(25(26)17-8-4-2-5-9-17)21(28)22-10-13-24-11-6-3-7-12-24/h2,4-5,8-9,14-15H,3,6-7,10-13H2,1H3,(H,22,28). The molecular formula is C21H25N5O2. The molecule has 1 saturated heterocycles. The predicted octanol–water partition coefficient (Wildman–Crippen LogP) is 2.01. The van der Waals surface area contributed by atoms with Gasteiger partial charge in [-0.15, -0.1) is 0 Å². The number of likely N-dealkylation sites (tertiary alicyclic amines) is 1. The van der Waals surface area contributed by atoms with Crippen molar-refractivity contribution < 1.29 is 4.79 Å². The molecule has 0 radical (unpaired) electrons. The maximum absolute atomic E-state index is 13.0. The SMILES string of the molecule is Cc1cc(=O)n2c(cc(C(=O)NCCN3CCCCC3)n2-c2ccccc2)n1. The molecule has 7 heteroatoms. The van der Waals surface area contributed by atoms with Crippen LogP contribution in [0.5, 0.6) is 0 Å². The molecule has 1 aliphatic heterocycles. The van der Waals surface area contributed by atoms with Crippen LogP contribution in [0.1, 0.15) is 35.4 Å². The fraction of sp³-hybridized carbons (Fsp3) is 0.381. The van der Waals surface area contributed by atoms with Crippen LogP contribution in [0.3, 0.4) is 0 Å². The molecule has 28 heavy (non-hydrogen) atoms. The van der Waals surface area contributed by atoms with Crippen molar-refractivity contribution in [1.82, 2.24) is 24.4 Å². The van der Waals surface area contributed by atoms with E-state index in [1.807, 2.05) is 30.3 Å². The molecule has 0 spiro atoms. The number of rotatable bonds is 5. The zero-order valence-electron chi connectivity index (χ0n) is 16.1. The molecule has 3 aromatic rings. The molecule has 2 aromatic heterocycles. The number of nitrogens with one attached hydrogen (secondary N) is 1. The lowest BCUT2D eigenvalue weighted by atomic mass is 10.1. The van der Waals surface area contributed by atoms with Gasteiger partial charge in [0.15, 0.2) is 5.65 Å². The van der Waals surface area contributed by atoms with E-state index in [2.05, 4.69) is 15.2 Å². The molecule has 0 bridgehead atoms. The number of benzene rings is 1. The van der Waals surface area contributed by atoms with Crippen LogP contribution in [0.25, 0.3) is 11.3 Å². The van der Waals surface area contributed by atoms with Crippen molar-refractivity contribution in [2.24, 2.45) is 0 Å². The lowest BCUT2D eigenvalue weighted by Crippen LogP contribution is -2.38. The van der Waals surface area contributed by atoms with Crippen LogP contribution in [0, 0.1) is 6.92 Å². The topological polar surface area (TPSA) is 71.6 Å². The van der Waals surface area contributed by atoms with E-state index in [4.69, 9.17) is 0 Å². The monoisotopic (exact) mass is 379 g/mol. The van der Waals surface area contributed by atoms with Crippen LogP contribution < -0.4 is 10.9 Å². The normalized spacial score (nSPS) is 15.0. The number of hydrogen-bond acceptors (Lipinski definition) is 4. The second kappa shape index (κ2) is 7.98. The number of fused-ring (bicyclic) bond motifs is 1. The quantitative estimate of drug-likeness (QED) is 0.736. The van der Waals surface area contributed by atoms with E-state index in [0.717, 1.165) is 25.3 Å². The highest BCUT2D eigenvalue weighted by molar-refractivity contribution is 5.94. The molecule has 146 valence electrons. The molecule has 1 amide bonds. The van der Waals surface area contributed by atoms with Crippen LogP contribution >= 0.6 is 0 Å². The fourth-order valence-electron chi connectivity index (χ4n) is 3.79.